The molecule has 2 atom stereocenters. The van der Waals surface area contributed by atoms with Crippen molar-refractivity contribution < 1.29 is 14.5 Å². The lowest BCUT2D eigenvalue weighted by Crippen LogP contribution is -2.34. The summed E-state index contributed by atoms with van der Waals surface area (Å²) in [4.78, 5) is 23.1. The number of amides is 1. The third-order valence-corrected chi connectivity index (χ3v) is 6.52. The van der Waals surface area contributed by atoms with Crippen molar-refractivity contribution in [2.24, 2.45) is 21.8 Å². The Morgan fingerprint density at radius 1 is 1.42 bits per heavy atom. The number of nitrogens with one attached hydrogen (secondary N) is 1. The van der Waals surface area contributed by atoms with Gasteiger partial charge in [0.15, 0.2) is 5.75 Å². The van der Waals surface area contributed by atoms with Gasteiger partial charge in [0.25, 0.3) is 5.91 Å². The van der Waals surface area contributed by atoms with E-state index in [0.29, 0.717) is 12.5 Å². The number of carbonyl (C=O) groups is 1. The third kappa shape index (κ3) is 2.75. The largest absolute Gasteiger partial charge is 0.487 e. The first-order chi connectivity index (χ1) is 12.2. The topological polar surface area (TPSA) is 93.8 Å². The zero-order chi connectivity index (χ0) is 19.1. The highest BCUT2D eigenvalue weighted by Crippen LogP contribution is 2.63. The van der Waals surface area contributed by atoms with Gasteiger partial charge in [-0.05, 0) is 49.7 Å². The molecule has 2 aliphatic rings. The van der Waals surface area contributed by atoms with Gasteiger partial charge in [0.2, 0.25) is 0 Å². The maximum Gasteiger partial charge on any atom is 0.311 e. The number of hydrogen-bond donors (Lipinski definition) is 1. The first-order valence-corrected chi connectivity index (χ1v) is 8.99. The number of rotatable bonds is 5. The van der Waals surface area contributed by atoms with Crippen LogP contribution < -0.4 is 10.2 Å². The van der Waals surface area contributed by atoms with Gasteiger partial charge in [-0.25, -0.2) is 5.43 Å². The molecule has 0 radical (unpaired) electrons. The molecular weight excluding hydrogens is 334 g/mol. The lowest BCUT2D eigenvalue weighted by atomic mass is 9.70. The smallest absolute Gasteiger partial charge is 0.311 e. The average molecular weight is 359 g/mol. The van der Waals surface area contributed by atoms with Gasteiger partial charge >= 0.3 is 5.69 Å². The van der Waals surface area contributed by atoms with Crippen LogP contribution in [0.2, 0.25) is 0 Å². The summed E-state index contributed by atoms with van der Waals surface area (Å²) in [5, 5.41) is 15.6. The Morgan fingerprint density at radius 2 is 2.15 bits per heavy atom. The Kier molecular flexibility index (Phi) is 4.50. The van der Waals surface area contributed by atoms with Crippen LogP contribution in [0, 0.1) is 26.9 Å². The monoisotopic (exact) mass is 359 g/mol. The summed E-state index contributed by atoms with van der Waals surface area (Å²) < 4.78 is 5.24. The van der Waals surface area contributed by atoms with Crippen molar-refractivity contribution in [3.63, 3.8) is 0 Å². The molecule has 0 unspecified atom stereocenters. The minimum atomic E-state index is -0.548. The van der Waals surface area contributed by atoms with Crippen molar-refractivity contribution in [1.82, 2.24) is 5.43 Å². The molecule has 7 nitrogen and oxygen atoms in total. The average Bonchev–Trinajstić information content (AvgIpc) is 2.93. The van der Waals surface area contributed by atoms with Crippen molar-refractivity contribution in [3.8, 4) is 5.75 Å². The number of nitro benzene ring substituents is 1. The van der Waals surface area contributed by atoms with Gasteiger partial charge in [0.1, 0.15) is 0 Å². The summed E-state index contributed by atoms with van der Waals surface area (Å²) in [6, 6.07) is 4.19. The van der Waals surface area contributed by atoms with Gasteiger partial charge in [0.05, 0.1) is 11.5 Å². The first-order valence-electron chi connectivity index (χ1n) is 8.99. The zero-order valence-electron chi connectivity index (χ0n) is 15.7. The molecule has 7 heteroatoms. The van der Waals surface area contributed by atoms with E-state index >= 15 is 0 Å². The van der Waals surface area contributed by atoms with Crippen LogP contribution in [0.5, 0.6) is 5.75 Å². The predicted octanol–water partition coefficient (Wildman–Crippen LogP) is 3.93. The minimum absolute atomic E-state index is 0.00420. The van der Waals surface area contributed by atoms with Crippen LogP contribution in [-0.4, -0.2) is 23.1 Å². The fraction of sp³-hybridized carbons (Fsp3) is 0.579. The molecule has 0 heterocycles. The molecule has 2 bridgehead atoms. The molecule has 140 valence electrons. The Balaban J connectivity index is 1.79. The Morgan fingerprint density at radius 3 is 2.69 bits per heavy atom. The highest BCUT2D eigenvalue weighted by Gasteiger charge is 2.60. The summed E-state index contributed by atoms with van der Waals surface area (Å²) in [6.45, 7) is 8.82. The molecule has 0 aromatic heterocycles. The number of hydrogen-bond acceptors (Lipinski definition) is 5. The highest BCUT2D eigenvalue weighted by molar-refractivity contribution is 5.98. The lowest BCUT2D eigenvalue weighted by Gasteiger charge is -2.34. The van der Waals surface area contributed by atoms with E-state index in [1.54, 1.807) is 6.92 Å². The second-order valence-corrected chi connectivity index (χ2v) is 7.87. The summed E-state index contributed by atoms with van der Waals surface area (Å²) >= 11 is 0. The van der Waals surface area contributed by atoms with Gasteiger partial charge in [-0.3, -0.25) is 14.9 Å². The van der Waals surface area contributed by atoms with Gasteiger partial charge in [-0.2, -0.15) is 5.10 Å². The summed E-state index contributed by atoms with van der Waals surface area (Å²) in [6.07, 6.45) is 3.17. The van der Waals surface area contributed by atoms with Gasteiger partial charge < -0.3 is 4.74 Å². The van der Waals surface area contributed by atoms with Crippen LogP contribution in [0.25, 0.3) is 0 Å². The maximum atomic E-state index is 12.4. The van der Waals surface area contributed by atoms with E-state index in [0.717, 1.165) is 18.6 Å². The highest BCUT2D eigenvalue weighted by atomic mass is 16.6. The quantitative estimate of drug-likeness (QED) is 0.637. The van der Waals surface area contributed by atoms with Gasteiger partial charge in [-0.1, -0.05) is 20.8 Å². The van der Waals surface area contributed by atoms with Crippen LogP contribution in [0.3, 0.4) is 0 Å². The molecule has 1 aromatic carbocycles. The molecule has 0 spiro atoms. The Labute approximate surface area is 153 Å². The third-order valence-electron chi connectivity index (χ3n) is 6.52. The predicted molar refractivity (Wildman–Crippen MR) is 98.4 cm³/mol. The van der Waals surface area contributed by atoms with E-state index in [1.165, 1.54) is 24.6 Å². The first kappa shape index (κ1) is 18.4. The molecule has 0 saturated heterocycles. The van der Waals surface area contributed by atoms with Crippen LogP contribution in [0.15, 0.2) is 23.3 Å². The summed E-state index contributed by atoms with van der Waals surface area (Å²) in [5.41, 5.74) is 3.75. The fourth-order valence-electron chi connectivity index (χ4n) is 4.36. The molecule has 2 aliphatic carbocycles. The molecule has 1 aromatic rings. The van der Waals surface area contributed by atoms with E-state index in [4.69, 9.17) is 4.74 Å². The number of hydrazone groups is 1. The Hall–Kier alpha value is -2.44. The normalized spacial score (nSPS) is 27.5. The molecule has 1 N–H and O–H groups in total. The van der Waals surface area contributed by atoms with Crippen molar-refractivity contribution in [1.29, 1.82) is 0 Å². The maximum absolute atomic E-state index is 12.4. The van der Waals surface area contributed by atoms with E-state index in [9.17, 15) is 14.9 Å². The number of fused-ring (bicyclic) bond motifs is 2. The number of ether oxygens (including phenoxy) is 1. The van der Waals surface area contributed by atoms with Crippen molar-refractivity contribution in [3.05, 3.63) is 33.9 Å². The molecule has 0 aliphatic heterocycles. The number of carbonyl (C=O) groups excluding carboxylic acids is 1. The number of nitro groups is 1. The van der Waals surface area contributed by atoms with Crippen molar-refractivity contribution in [2.45, 2.75) is 47.0 Å². The second kappa shape index (κ2) is 6.37. The van der Waals surface area contributed by atoms with Gasteiger partial charge in [-0.15, -0.1) is 0 Å². The zero-order valence-corrected chi connectivity index (χ0v) is 15.7. The summed E-state index contributed by atoms with van der Waals surface area (Å²) in [5.74, 6) is 0.297. The molecule has 2 fully saturated rings. The van der Waals surface area contributed by atoms with Gasteiger partial charge in [0, 0.05) is 22.8 Å². The molecule has 26 heavy (non-hydrogen) atoms. The van der Waals surface area contributed by atoms with E-state index in [1.807, 2.05) is 0 Å². The van der Waals surface area contributed by atoms with Crippen LogP contribution >= 0.6 is 0 Å². The molecule has 1 amide bonds. The van der Waals surface area contributed by atoms with Crippen LogP contribution in [-0.2, 0) is 0 Å². The SMILES string of the molecule is CCOc1ccc(C(=O)N/N=C2/C[C@H]3CC[C@]2(C)C3(C)C)cc1[N+](=O)[O-]. The minimum Gasteiger partial charge on any atom is -0.487 e. The summed E-state index contributed by atoms with van der Waals surface area (Å²) in [7, 11) is 0. The number of nitrogens with zero attached hydrogens (tertiary/aromatic N) is 2. The van der Waals surface area contributed by atoms with Crippen LogP contribution in [0.1, 0.15) is 57.3 Å². The number of benzene rings is 1. The van der Waals surface area contributed by atoms with Crippen molar-refractivity contribution >= 4 is 17.3 Å². The van der Waals surface area contributed by atoms with Crippen LogP contribution in [0.4, 0.5) is 5.69 Å². The standard InChI is InChI=1S/C19H25N3O4/c1-5-26-15-7-6-12(10-14(15)22(24)25)17(23)21-20-16-11-13-8-9-19(16,4)18(13,2)3/h6-7,10,13H,5,8-9,11H2,1-4H3,(H,21,23)/b20-16-/t13-,19+/m1/s1. The fourth-order valence-corrected chi connectivity index (χ4v) is 4.36. The van der Waals surface area contributed by atoms with Crippen molar-refractivity contribution in [2.75, 3.05) is 6.61 Å². The van der Waals surface area contributed by atoms with E-state index < -0.39 is 10.8 Å². The molecule has 3 rings (SSSR count). The second-order valence-electron chi connectivity index (χ2n) is 7.87. The molecular formula is C19H25N3O4. The lowest BCUT2D eigenvalue weighted by molar-refractivity contribution is -0.385. The molecule has 2 saturated carbocycles. The van der Waals surface area contributed by atoms with E-state index in [2.05, 4.69) is 31.3 Å². The van der Waals surface area contributed by atoms with E-state index in [-0.39, 0.29) is 27.8 Å². The Bertz CT molecular complexity index is 787.